The van der Waals surface area contributed by atoms with Crippen LogP contribution in [0.15, 0.2) is 18.2 Å². The molecular weight excluding hydrogens is 259 g/mol. The molecule has 6 heteroatoms. The van der Waals surface area contributed by atoms with Gasteiger partial charge in [-0.05, 0) is 38.8 Å². The fraction of sp³-hybridized carbons (Fsp3) is 0.500. The molecule has 0 saturated carbocycles. The van der Waals surface area contributed by atoms with Crippen molar-refractivity contribution in [3.8, 4) is 0 Å². The second kappa shape index (κ2) is 6.19. The van der Waals surface area contributed by atoms with Crippen molar-refractivity contribution in [2.24, 2.45) is 5.84 Å². The normalized spacial score (nSPS) is 23.4. The molecule has 0 radical (unpaired) electrons. The number of hydrogen-bond donors (Lipinski definition) is 3. The van der Waals surface area contributed by atoms with Gasteiger partial charge in [0.1, 0.15) is 5.82 Å². The summed E-state index contributed by atoms with van der Waals surface area (Å²) < 4.78 is 13.6. The van der Waals surface area contributed by atoms with Crippen molar-refractivity contribution in [1.82, 2.24) is 10.4 Å². The highest BCUT2D eigenvalue weighted by atomic mass is 19.1. The summed E-state index contributed by atoms with van der Waals surface area (Å²) in [4.78, 5) is 12.3. The van der Waals surface area contributed by atoms with E-state index in [9.17, 15) is 9.18 Å². The number of nitrogens with two attached hydrogens (primary N) is 1. The molecule has 4 N–H and O–H groups in total. The third-order valence-corrected chi connectivity index (χ3v) is 3.83. The average Bonchev–Trinajstić information content (AvgIpc) is 2.42. The van der Waals surface area contributed by atoms with Crippen molar-refractivity contribution in [3.63, 3.8) is 0 Å². The number of rotatable bonds is 3. The maximum atomic E-state index is 13.6. The van der Waals surface area contributed by atoms with Crippen molar-refractivity contribution in [1.29, 1.82) is 0 Å². The van der Waals surface area contributed by atoms with Crippen LogP contribution in [0.1, 0.15) is 43.5 Å². The number of amides is 1. The number of para-hydroxylation sites is 1. The van der Waals surface area contributed by atoms with E-state index in [-0.39, 0.29) is 29.2 Å². The third kappa shape index (κ3) is 2.91. The molecule has 110 valence electrons. The lowest BCUT2D eigenvalue weighted by atomic mass is 10.00. The van der Waals surface area contributed by atoms with Gasteiger partial charge in [0.05, 0.1) is 11.3 Å². The number of anilines is 1. The minimum atomic E-state index is -0.542. The van der Waals surface area contributed by atoms with Gasteiger partial charge in [0.15, 0.2) is 0 Å². The molecule has 1 aromatic carbocycles. The predicted octanol–water partition coefficient (Wildman–Crippen LogP) is 2.02. The first-order chi connectivity index (χ1) is 9.54. The number of nitrogen functional groups attached to an aromatic ring is 1. The molecule has 1 heterocycles. The van der Waals surface area contributed by atoms with Crippen molar-refractivity contribution in [2.75, 3.05) is 5.43 Å². The van der Waals surface area contributed by atoms with Gasteiger partial charge >= 0.3 is 0 Å². The Morgan fingerprint density at radius 3 is 2.60 bits per heavy atom. The van der Waals surface area contributed by atoms with Gasteiger partial charge in [-0.15, -0.1) is 0 Å². The largest absolute Gasteiger partial charge is 0.321 e. The molecule has 1 aliphatic rings. The maximum absolute atomic E-state index is 13.6. The number of halogens is 1. The Labute approximate surface area is 118 Å². The van der Waals surface area contributed by atoms with Gasteiger partial charge in [-0.1, -0.05) is 12.5 Å². The first-order valence-electron chi connectivity index (χ1n) is 6.89. The minimum absolute atomic E-state index is 0.0160. The smallest absolute Gasteiger partial charge is 0.267 e. The Morgan fingerprint density at radius 2 is 2.00 bits per heavy atom. The number of carbonyl (C=O) groups excluding carboxylic acids is 1. The highest BCUT2D eigenvalue weighted by Crippen LogP contribution is 2.22. The van der Waals surface area contributed by atoms with Crippen LogP contribution >= 0.6 is 0 Å². The van der Waals surface area contributed by atoms with Crippen molar-refractivity contribution in [2.45, 2.75) is 45.2 Å². The van der Waals surface area contributed by atoms with Crippen LogP contribution in [0.25, 0.3) is 0 Å². The third-order valence-electron chi connectivity index (χ3n) is 3.83. The van der Waals surface area contributed by atoms with Crippen LogP contribution < -0.4 is 16.7 Å². The van der Waals surface area contributed by atoms with Gasteiger partial charge in [-0.25, -0.2) is 9.40 Å². The van der Waals surface area contributed by atoms with Gasteiger partial charge in [0, 0.05) is 12.1 Å². The summed E-state index contributed by atoms with van der Waals surface area (Å²) in [5.74, 6) is 4.40. The van der Waals surface area contributed by atoms with Crippen molar-refractivity contribution in [3.05, 3.63) is 29.6 Å². The van der Waals surface area contributed by atoms with E-state index >= 15 is 0 Å². The molecule has 1 aliphatic heterocycles. The molecule has 1 fully saturated rings. The zero-order chi connectivity index (χ0) is 14.7. The average molecular weight is 280 g/mol. The van der Waals surface area contributed by atoms with Gasteiger partial charge in [0.25, 0.3) is 5.91 Å². The fourth-order valence-corrected chi connectivity index (χ4v) is 2.68. The quantitative estimate of drug-likeness (QED) is 0.585. The van der Waals surface area contributed by atoms with E-state index < -0.39 is 5.82 Å². The summed E-state index contributed by atoms with van der Waals surface area (Å²) in [6.45, 7) is 4.15. The first-order valence-corrected chi connectivity index (χ1v) is 6.89. The maximum Gasteiger partial charge on any atom is 0.267 e. The van der Waals surface area contributed by atoms with Gasteiger partial charge in [-0.2, -0.15) is 0 Å². The summed E-state index contributed by atoms with van der Waals surface area (Å²) in [7, 11) is 0. The van der Waals surface area contributed by atoms with E-state index in [0.29, 0.717) is 0 Å². The molecule has 1 aromatic rings. The van der Waals surface area contributed by atoms with Crippen LogP contribution in [0.4, 0.5) is 10.1 Å². The summed E-state index contributed by atoms with van der Waals surface area (Å²) in [5.41, 5.74) is 5.34. The molecule has 5 nitrogen and oxygen atoms in total. The predicted molar refractivity (Wildman–Crippen MR) is 76.3 cm³/mol. The number of carbonyl (C=O) groups is 1. The van der Waals surface area contributed by atoms with Crippen LogP contribution in [0.3, 0.4) is 0 Å². The van der Waals surface area contributed by atoms with E-state index in [0.717, 1.165) is 19.3 Å². The highest BCUT2D eigenvalue weighted by Gasteiger charge is 2.27. The monoisotopic (exact) mass is 280 g/mol. The number of nitrogens with one attached hydrogen (secondary N) is 2. The topological polar surface area (TPSA) is 70.4 Å². The molecule has 0 bridgehead atoms. The molecule has 20 heavy (non-hydrogen) atoms. The molecule has 2 rings (SSSR count). The van der Waals surface area contributed by atoms with E-state index in [2.05, 4.69) is 24.7 Å². The lowest BCUT2D eigenvalue weighted by Gasteiger charge is -2.38. The SMILES string of the molecule is CC1CCCC(C)N1NC(=O)c1cccc(F)c1NN. The van der Waals surface area contributed by atoms with E-state index in [1.54, 1.807) is 6.07 Å². The number of nitrogens with zero attached hydrogens (tertiary/aromatic N) is 1. The van der Waals surface area contributed by atoms with Crippen LogP contribution in [0, 0.1) is 5.82 Å². The summed E-state index contributed by atoms with van der Waals surface area (Å²) >= 11 is 0. The van der Waals surface area contributed by atoms with Crippen molar-refractivity contribution < 1.29 is 9.18 Å². The second-order valence-corrected chi connectivity index (χ2v) is 5.28. The number of piperidine rings is 1. The lowest BCUT2D eigenvalue weighted by molar-refractivity contribution is 0.0370. The molecule has 0 aliphatic carbocycles. The van der Waals surface area contributed by atoms with E-state index in [1.807, 2.05) is 5.01 Å². The molecule has 2 atom stereocenters. The van der Waals surface area contributed by atoms with Crippen LogP contribution in [-0.2, 0) is 0 Å². The van der Waals surface area contributed by atoms with Crippen LogP contribution in [0.5, 0.6) is 0 Å². The Morgan fingerprint density at radius 1 is 1.35 bits per heavy atom. The number of hydrogen-bond acceptors (Lipinski definition) is 4. The summed E-state index contributed by atoms with van der Waals surface area (Å²) in [6, 6.07) is 4.84. The Bertz CT molecular complexity index is 484. The fourth-order valence-electron chi connectivity index (χ4n) is 2.68. The van der Waals surface area contributed by atoms with Gasteiger partial charge < -0.3 is 5.43 Å². The van der Waals surface area contributed by atoms with E-state index in [4.69, 9.17) is 5.84 Å². The number of benzene rings is 1. The molecule has 1 amide bonds. The van der Waals surface area contributed by atoms with Crippen LogP contribution in [0.2, 0.25) is 0 Å². The summed E-state index contributed by atoms with van der Waals surface area (Å²) in [6.07, 6.45) is 3.23. The molecular formula is C14H21FN4O. The molecule has 2 unspecified atom stereocenters. The Balaban J connectivity index is 2.18. The second-order valence-electron chi connectivity index (χ2n) is 5.28. The molecule has 0 spiro atoms. The van der Waals surface area contributed by atoms with Crippen LogP contribution in [-0.4, -0.2) is 23.0 Å². The van der Waals surface area contributed by atoms with Gasteiger partial charge in [-0.3, -0.25) is 16.1 Å². The van der Waals surface area contributed by atoms with Crippen molar-refractivity contribution >= 4 is 11.6 Å². The zero-order valence-electron chi connectivity index (χ0n) is 11.8. The standard InChI is InChI=1S/C14H21FN4O/c1-9-5-3-6-10(2)19(9)18-14(20)11-7-4-8-12(15)13(11)17-16/h4,7-10,17H,3,5-6,16H2,1-2H3,(H,18,20). The number of hydrazine groups is 2. The Hall–Kier alpha value is -1.66. The highest BCUT2D eigenvalue weighted by molar-refractivity contribution is 5.99. The summed E-state index contributed by atoms with van der Waals surface area (Å²) in [5, 5.41) is 1.94. The zero-order valence-corrected chi connectivity index (χ0v) is 11.8. The van der Waals surface area contributed by atoms with Gasteiger partial charge in [0.2, 0.25) is 0 Å². The minimum Gasteiger partial charge on any atom is -0.321 e. The first kappa shape index (κ1) is 14.7. The molecule has 0 aromatic heterocycles. The van der Waals surface area contributed by atoms with E-state index in [1.165, 1.54) is 12.1 Å². The Kier molecular flexibility index (Phi) is 4.57. The molecule has 1 saturated heterocycles. The lowest BCUT2D eigenvalue weighted by Crippen LogP contribution is -2.54.